The molecule has 2 aliphatic carbocycles. The second kappa shape index (κ2) is 39.1. The fraction of sp³-hybridized carbons (Fsp3) is 0.963. The molecule has 0 aromatic rings. The number of nitrogens with zero attached hydrogens (tertiary/aromatic N) is 1. The third-order valence-corrected chi connectivity index (χ3v) is 14.0. The van der Waals surface area contributed by atoms with Crippen LogP contribution in [0.15, 0.2) is 0 Å². The van der Waals surface area contributed by atoms with Gasteiger partial charge in [-0.25, -0.2) is 0 Å². The predicted octanol–water partition coefficient (Wildman–Crippen LogP) is 16.3. The lowest BCUT2D eigenvalue weighted by Crippen LogP contribution is -2.34. The summed E-state index contributed by atoms with van der Waals surface area (Å²) < 4.78 is 0. The second-order valence-corrected chi connectivity index (χ2v) is 19.8. The molecule has 7 atom stereocenters. The molecule has 4 heteroatoms. The summed E-state index contributed by atoms with van der Waals surface area (Å²) in [5.41, 5.74) is 0. The minimum absolute atomic E-state index is 0.195. The van der Waals surface area contributed by atoms with Crippen LogP contribution in [0.25, 0.3) is 0 Å². The van der Waals surface area contributed by atoms with Gasteiger partial charge in [0.05, 0.1) is 6.10 Å². The fourth-order valence-corrected chi connectivity index (χ4v) is 9.62. The molecule has 1 N–H and O–H groups in total. The maximum atomic E-state index is 13.4. The molecule has 2 saturated carbocycles. The number of unbranched alkanes of at least 4 members (excludes halogenated alkanes) is 20. The summed E-state index contributed by atoms with van der Waals surface area (Å²) in [5, 5.41) is 10.7. The number of aliphatic hydroxyl groups excluding tert-OH is 1. The minimum Gasteiger partial charge on any atom is -0.392 e. The Balaban J connectivity index is 0.000000830. The molecule has 0 bridgehead atoms. The molecule has 0 saturated heterocycles. The quantitative estimate of drug-likeness (QED) is 0.0492. The number of hydrogen-bond donors (Lipinski definition) is 1. The van der Waals surface area contributed by atoms with Gasteiger partial charge in [0, 0.05) is 24.3 Å². The number of hydrogen-bond acceptors (Lipinski definition) is 4. The molecular formula is C54H105NO3. The lowest BCUT2D eigenvalue weighted by Gasteiger charge is -2.24. The molecule has 4 nitrogen and oxygen atoms in total. The standard InChI is InChI=1S/C38H73NO2.C16H32O/c1-5-8-10-12-13-17-23-33(22-16-11-9-6-2)38(41)37-30-35(37)25-19-20-26-36(40)31-39(27-7-3)28-21-15-14-18-24-34-29-32(34)4;1-3-5-7-9-10-12-14-16(15-17)13-11-8-6-4-2/h32-37,40H,5-31H2,1-4H3;15-16H,3-14H2,1-2H3. The molecular weight excluding hydrogens is 711 g/mol. The Labute approximate surface area is 364 Å². The number of aldehydes is 1. The van der Waals surface area contributed by atoms with Crippen LogP contribution < -0.4 is 0 Å². The van der Waals surface area contributed by atoms with Gasteiger partial charge < -0.3 is 14.8 Å². The van der Waals surface area contributed by atoms with Crippen LogP contribution in [-0.4, -0.2) is 47.8 Å². The summed E-state index contributed by atoms with van der Waals surface area (Å²) in [6.45, 7) is 16.8. The molecule has 0 aliphatic heterocycles. The first-order valence-electron chi connectivity index (χ1n) is 26.7. The highest BCUT2D eigenvalue weighted by molar-refractivity contribution is 5.86. The van der Waals surface area contributed by atoms with E-state index in [1.54, 1.807) is 0 Å². The summed E-state index contributed by atoms with van der Waals surface area (Å²) in [6.07, 6.45) is 46.8. The van der Waals surface area contributed by atoms with E-state index < -0.39 is 0 Å². The molecule has 2 rings (SSSR count). The minimum atomic E-state index is -0.195. The van der Waals surface area contributed by atoms with Crippen LogP contribution in [0.1, 0.15) is 273 Å². The third-order valence-electron chi connectivity index (χ3n) is 14.0. The lowest BCUT2D eigenvalue weighted by molar-refractivity contribution is -0.125. The highest BCUT2D eigenvalue weighted by atomic mass is 16.3. The lowest BCUT2D eigenvalue weighted by atomic mass is 9.88. The van der Waals surface area contributed by atoms with Gasteiger partial charge in [-0.15, -0.1) is 0 Å². The zero-order chi connectivity index (χ0) is 42.5. The molecule has 0 aromatic heterocycles. The van der Waals surface area contributed by atoms with E-state index in [-0.39, 0.29) is 6.10 Å². The Morgan fingerprint density at radius 3 is 1.48 bits per heavy atom. The van der Waals surface area contributed by atoms with Crippen LogP contribution in [0.4, 0.5) is 0 Å². The molecule has 0 radical (unpaired) electrons. The SMILES string of the molecule is CCCCCCCCC(C=O)CCCCCC.CCCCCCCCC(CCCCCC)C(=O)C1CC1CCCCC(O)CN(CCC)CCCCCCC1CC1C. The highest BCUT2D eigenvalue weighted by Gasteiger charge is 2.44. The van der Waals surface area contributed by atoms with Gasteiger partial charge in [-0.05, 0) is 95.1 Å². The Morgan fingerprint density at radius 1 is 0.534 bits per heavy atom. The van der Waals surface area contributed by atoms with Gasteiger partial charge in [0.25, 0.3) is 0 Å². The van der Waals surface area contributed by atoms with Gasteiger partial charge in [-0.2, -0.15) is 0 Å². The molecule has 0 amide bonds. The van der Waals surface area contributed by atoms with Crippen molar-refractivity contribution in [2.24, 2.45) is 35.5 Å². The average Bonchev–Trinajstić information content (AvgIpc) is 4.16. The van der Waals surface area contributed by atoms with Crippen molar-refractivity contribution in [1.29, 1.82) is 0 Å². The molecule has 58 heavy (non-hydrogen) atoms. The van der Waals surface area contributed by atoms with Crippen molar-refractivity contribution >= 4 is 12.1 Å². The first kappa shape index (κ1) is 55.3. The van der Waals surface area contributed by atoms with Crippen LogP contribution in [-0.2, 0) is 9.59 Å². The number of Topliss-reactive ketones (excluding diaryl/α,β-unsaturated/α-hetero) is 1. The largest absolute Gasteiger partial charge is 0.392 e. The van der Waals surface area contributed by atoms with Gasteiger partial charge in [0.15, 0.2) is 0 Å². The van der Waals surface area contributed by atoms with Crippen molar-refractivity contribution in [3.63, 3.8) is 0 Å². The monoisotopic (exact) mass is 816 g/mol. The Bertz CT molecular complexity index is 907. The molecule has 0 heterocycles. The normalized spacial score (nSPS) is 20.1. The molecule has 0 aromatic carbocycles. The predicted molar refractivity (Wildman–Crippen MR) is 255 cm³/mol. The molecule has 2 aliphatic rings. The molecule has 344 valence electrons. The number of rotatable bonds is 43. The van der Waals surface area contributed by atoms with Crippen LogP contribution in [0.3, 0.4) is 0 Å². The fourth-order valence-electron chi connectivity index (χ4n) is 9.62. The van der Waals surface area contributed by atoms with Crippen molar-refractivity contribution in [1.82, 2.24) is 4.90 Å². The van der Waals surface area contributed by atoms with Gasteiger partial charge in [-0.1, -0.05) is 208 Å². The summed E-state index contributed by atoms with van der Waals surface area (Å²) in [7, 11) is 0. The van der Waals surface area contributed by atoms with Crippen molar-refractivity contribution < 1.29 is 14.7 Å². The van der Waals surface area contributed by atoms with Gasteiger partial charge >= 0.3 is 0 Å². The number of aliphatic hydroxyl groups is 1. The van der Waals surface area contributed by atoms with E-state index in [0.717, 1.165) is 76.4 Å². The van der Waals surface area contributed by atoms with E-state index >= 15 is 0 Å². The van der Waals surface area contributed by atoms with Crippen molar-refractivity contribution in [3.05, 3.63) is 0 Å². The maximum Gasteiger partial charge on any atom is 0.139 e. The van der Waals surface area contributed by atoms with E-state index in [1.165, 1.54) is 192 Å². The second-order valence-electron chi connectivity index (χ2n) is 19.8. The highest BCUT2D eigenvalue weighted by Crippen LogP contribution is 2.46. The summed E-state index contributed by atoms with van der Waals surface area (Å²) >= 11 is 0. The molecule has 7 unspecified atom stereocenters. The van der Waals surface area contributed by atoms with Crippen LogP contribution in [0.5, 0.6) is 0 Å². The summed E-state index contributed by atoms with van der Waals surface area (Å²) in [4.78, 5) is 26.9. The van der Waals surface area contributed by atoms with E-state index in [0.29, 0.717) is 29.5 Å². The van der Waals surface area contributed by atoms with Crippen LogP contribution >= 0.6 is 0 Å². The smallest absolute Gasteiger partial charge is 0.139 e. The zero-order valence-corrected chi connectivity index (χ0v) is 40.4. The van der Waals surface area contributed by atoms with E-state index in [1.807, 2.05) is 0 Å². The van der Waals surface area contributed by atoms with Crippen LogP contribution in [0.2, 0.25) is 0 Å². The van der Waals surface area contributed by atoms with Crippen LogP contribution in [0, 0.1) is 35.5 Å². The van der Waals surface area contributed by atoms with Crippen molar-refractivity contribution in [2.45, 2.75) is 279 Å². The van der Waals surface area contributed by atoms with Gasteiger partial charge in [0.2, 0.25) is 0 Å². The number of ketones is 1. The summed E-state index contributed by atoms with van der Waals surface area (Å²) in [6, 6.07) is 0. The first-order valence-corrected chi connectivity index (χ1v) is 26.7. The van der Waals surface area contributed by atoms with Crippen molar-refractivity contribution in [2.75, 3.05) is 19.6 Å². The maximum absolute atomic E-state index is 13.4. The number of carbonyl (C=O) groups is 2. The van der Waals surface area contributed by atoms with Crippen molar-refractivity contribution in [3.8, 4) is 0 Å². The Kier molecular flexibility index (Phi) is 37.3. The third kappa shape index (κ3) is 31.2. The van der Waals surface area contributed by atoms with Gasteiger partial charge in [-0.3, -0.25) is 4.79 Å². The average molecular weight is 816 g/mol. The zero-order valence-electron chi connectivity index (χ0n) is 40.4. The summed E-state index contributed by atoms with van der Waals surface area (Å²) in [5.74, 6) is 4.35. The van der Waals surface area contributed by atoms with E-state index in [9.17, 15) is 14.7 Å². The molecule has 2 fully saturated rings. The Morgan fingerprint density at radius 2 is 0.966 bits per heavy atom. The molecule has 0 spiro atoms. The Hall–Kier alpha value is -0.740. The van der Waals surface area contributed by atoms with E-state index in [2.05, 4.69) is 46.4 Å². The number of carbonyl (C=O) groups excluding carboxylic acids is 2. The first-order chi connectivity index (χ1) is 28.3. The van der Waals surface area contributed by atoms with Gasteiger partial charge in [0.1, 0.15) is 12.1 Å². The van der Waals surface area contributed by atoms with E-state index in [4.69, 9.17) is 0 Å². The topological polar surface area (TPSA) is 57.6 Å².